The van der Waals surface area contributed by atoms with Gasteiger partial charge in [0.2, 0.25) is 0 Å². The lowest BCUT2D eigenvalue weighted by Crippen LogP contribution is -2.39. The van der Waals surface area contributed by atoms with Gasteiger partial charge in [-0.1, -0.05) is 6.07 Å². The van der Waals surface area contributed by atoms with Crippen molar-refractivity contribution in [1.82, 2.24) is 14.5 Å². The molecular formula is C17H13FN4O3. The molecule has 1 aromatic carbocycles. The molecule has 0 atom stereocenters. The molecular weight excluding hydrogens is 327 g/mol. The zero-order valence-corrected chi connectivity index (χ0v) is 12.9. The molecule has 0 bridgehead atoms. The Kier molecular flexibility index (Phi) is 4.51. The average molecular weight is 340 g/mol. The minimum atomic E-state index is -0.742. The Morgan fingerprint density at radius 2 is 1.92 bits per heavy atom. The average Bonchev–Trinajstić information content (AvgIpc) is 2.61. The van der Waals surface area contributed by atoms with Crippen LogP contribution in [-0.2, 0) is 6.54 Å². The Bertz CT molecular complexity index is 1010. The second-order valence-corrected chi connectivity index (χ2v) is 5.18. The number of anilines is 1. The molecule has 0 unspecified atom stereocenters. The van der Waals surface area contributed by atoms with Crippen LogP contribution in [0.2, 0.25) is 0 Å². The fraction of sp³-hybridized carbons (Fsp3) is 0.0588. The summed E-state index contributed by atoms with van der Waals surface area (Å²) in [6.45, 7) is -0.0628. The lowest BCUT2D eigenvalue weighted by Gasteiger charge is -2.08. The van der Waals surface area contributed by atoms with Crippen molar-refractivity contribution in [1.29, 1.82) is 0 Å². The lowest BCUT2D eigenvalue weighted by molar-refractivity contribution is 0.102. The highest BCUT2D eigenvalue weighted by Gasteiger charge is 2.15. The first-order valence-electron chi connectivity index (χ1n) is 7.34. The third kappa shape index (κ3) is 3.69. The molecule has 0 saturated carbocycles. The summed E-state index contributed by atoms with van der Waals surface area (Å²) in [6.07, 6.45) is 2.60. The zero-order chi connectivity index (χ0) is 17.8. The first-order chi connectivity index (χ1) is 12.0. The summed E-state index contributed by atoms with van der Waals surface area (Å²) in [7, 11) is 0. The maximum Gasteiger partial charge on any atom is 0.328 e. The highest BCUT2D eigenvalue weighted by Crippen LogP contribution is 2.09. The number of nitrogens with one attached hydrogen (secondary N) is 2. The van der Waals surface area contributed by atoms with E-state index < -0.39 is 23.0 Å². The quantitative estimate of drug-likeness (QED) is 0.750. The summed E-state index contributed by atoms with van der Waals surface area (Å²) in [5.41, 5.74) is -0.790. The maximum absolute atomic E-state index is 12.9. The monoisotopic (exact) mass is 340 g/mol. The molecule has 2 N–H and O–H groups in total. The van der Waals surface area contributed by atoms with Gasteiger partial charge in [-0.3, -0.25) is 19.1 Å². The number of rotatable bonds is 4. The maximum atomic E-state index is 12.9. The minimum absolute atomic E-state index is 0.0628. The number of amides is 1. The summed E-state index contributed by atoms with van der Waals surface area (Å²) < 4.78 is 13.8. The van der Waals surface area contributed by atoms with Crippen LogP contribution in [0.15, 0.2) is 64.4 Å². The van der Waals surface area contributed by atoms with E-state index in [9.17, 15) is 18.8 Å². The van der Waals surface area contributed by atoms with Gasteiger partial charge in [0, 0.05) is 18.1 Å². The van der Waals surface area contributed by atoms with E-state index in [1.165, 1.54) is 24.3 Å². The summed E-state index contributed by atoms with van der Waals surface area (Å²) in [4.78, 5) is 43.1. The van der Waals surface area contributed by atoms with Crippen molar-refractivity contribution in [3.8, 4) is 0 Å². The van der Waals surface area contributed by atoms with Crippen LogP contribution >= 0.6 is 0 Å². The molecule has 0 radical (unpaired) electrons. The number of carbonyl (C=O) groups is 1. The highest BCUT2D eigenvalue weighted by atomic mass is 19.1. The van der Waals surface area contributed by atoms with E-state index in [0.717, 1.165) is 10.8 Å². The van der Waals surface area contributed by atoms with Gasteiger partial charge in [0.1, 0.15) is 11.4 Å². The Morgan fingerprint density at radius 3 is 2.60 bits per heavy atom. The minimum Gasteiger partial charge on any atom is -0.322 e. The van der Waals surface area contributed by atoms with E-state index in [0.29, 0.717) is 11.4 Å². The number of hydrogen-bond donors (Lipinski definition) is 2. The van der Waals surface area contributed by atoms with Gasteiger partial charge in [0.15, 0.2) is 0 Å². The summed E-state index contributed by atoms with van der Waals surface area (Å²) in [5, 5.41) is 2.48. The van der Waals surface area contributed by atoms with Crippen molar-refractivity contribution < 1.29 is 9.18 Å². The van der Waals surface area contributed by atoms with E-state index in [1.807, 2.05) is 0 Å². The molecule has 0 aliphatic carbocycles. The van der Waals surface area contributed by atoms with Crippen LogP contribution in [-0.4, -0.2) is 20.4 Å². The van der Waals surface area contributed by atoms with Crippen LogP contribution in [0.1, 0.15) is 16.1 Å². The number of aromatic amines is 1. The van der Waals surface area contributed by atoms with Gasteiger partial charge in [-0.2, -0.15) is 0 Å². The van der Waals surface area contributed by atoms with E-state index in [-0.39, 0.29) is 12.1 Å². The Morgan fingerprint density at radius 1 is 1.16 bits per heavy atom. The van der Waals surface area contributed by atoms with E-state index in [2.05, 4.69) is 15.3 Å². The molecule has 7 nitrogen and oxygen atoms in total. The topological polar surface area (TPSA) is 96.8 Å². The van der Waals surface area contributed by atoms with Crippen molar-refractivity contribution in [2.45, 2.75) is 6.54 Å². The number of aromatic nitrogens is 3. The molecule has 3 rings (SSSR count). The molecule has 126 valence electrons. The van der Waals surface area contributed by atoms with Gasteiger partial charge >= 0.3 is 5.69 Å². The van der Waals surface area contributed by atoms with Gasteiger partial charge in [0.25, 0.3) is 11.5 Å². The first-order valence-corrected chi connectivity index (χ1v) is 7.34. The lowest BCUT2D eigenvalue weighted by atomic mass is 10.2. The number of H-pyrrole nitrogens is 1. The second kappa shape index (κ2) is 6.91. The molecule has 0 spiro atoms. The Balaban J connectivity index is 1.90. The zero-order valence-electron chi connectivity index (χ0n) is 12.9. The highest BCUT2D eigenvalue weighted by molar-refractivity contribution is 6.03. The third-order valence-electron chi connectivity index (χ3n) is 3.45. The molecule has 0 saturated heterocycles. The summed E-state index contributed by atoms with van der Waals surface area (Å²) in [6, 6.07) is 10.2. The van der Waals surface area contributed by atoms with Gasteiger partial charge in [-0.05, 0) is 36.4 Å². The first kappa shape index (κ1) is 16.3. The van der Waals surface area contributed by atoms with Crippen LogP contribution in [0.3, 0.4) is 0 Å². The van der Waals surface area contributed by atoms with Crippen molar-refractivity contribution >= 4 is 11.6 Å². The fourth-order valence-electron chi connectivity index (χ4n) is 2.20. The summed E-state index contributed by atoms with van der Waals surface area (Å²) >= 11 is 0. The SMILES string of the molecule is O=C(Nc1ccc(F)cc1)c1c[nH]c(=O)n(Cc2ccccn2)c1=O. The van der Waals surface area contributed by atoms with Gasteiger partial charge in [-0.25, -0.2) is 9.18 Å². The van der Waals surface area contributed by atoms with Crippen LogP contribution in [0.5, 0.6) is 0 Å². The predicted molar refractivity (Wildman–Crippen MR) is 89.0 cm³/mol. The van der Waals surface area contributed by atoms with Crippen molar-refractivity contribution in [3.63, 3.8) is 0 Å². The molecule has 0 fully saturated rings. The fourth-order valence-corrected chi connectivity index (χ4v) is 2.20. The number of nitrogens with zero attached hydrogens (tertiary/aromatic N) is 2. The van der Waals surface area contributed by atoms with Crippen molar-refractivity contribution in [3.05, 3.63) is 92.8 Å². The van der Waals surface area contributed by atoms with Gasteiger partial charge < -0.3 is 10.3 Å². The van der Waals surface area contributed by atoms with Gasteiger partial charge in [-0.15, -0.1) is 0 Å². The summed E-state index contributed by atoms with van der Waals surface area (Å²) in [5.74, 6) is -1.15. The Hall–Kier alpha value is -3.55. The molecule has 2 heterocycles. The second-order valence-electron chi connectivity index (χ2n) is 5.18. The van der Waals surface area contributed by atoms with E-state index >= 15 is 0 Å². The molecule has 0 aliphatic rings. The number of halogens is 1. The number of pyridine rings is 1. The van der Waals surface area contributed by atoms with Crippen molar-refractivity contribution in [2.24, 2.45) is 0 Å². The molecule has 3 aromatic rings. The number of hydrogen-bond acceptors (Lipinski definition) is 4. The van der Waals surface area contributed by atoms with Crippen LogP contribution < -0.4 is 16.6 Å². The van der Waals surface area contributed by atoms with Crippen LogP contribution in [0.4, 0.5) is 10.1 Å². The standard InChI is InChI=1S/C17H13FN4O3/c18-11-4-6-12(7-5-11)21-15(23)14-9-20-17(25)22(16(14)24)10-13-3-1-2-8-19-13/h1-9H,10H2,(H,20,25)(H,21,23). The third-order valence-corrected chi connectivity index (χ3v) is 3.45. The molecule has 8 heteroatoms. The Labute approximate surface area is 140 Å². The van der Waals surface area contributed by atoms with E-state index in [1.54, 1.807) is 24.4 Å². The molecule has 2 aromatic heterocycles. The molecule has 1 amide bonds. The normalized spacial score (nSPS) is 10.4. The number of carbonyl (C=O) groups excluding carboxylic acids is 1. The number of benzene rings is 1. The van der Waals surface area contributed by atoms with E-state index in [4.69, 9.17) is 0 Å². The van der Waals surface area contributed by atoms with Gasteiger partial charge in [0.05, 0.1) is 12.2 Å². The largest absolute Gasteiger partial charge is 0.328 e. The van der Waals surface area contributed by atoms with Crippen molar-refractivity contribution in [2.75, 3.05) is 5.32 Å². The smallest absolute Gasteiger partial charge is 0.322 e. The predicted octanol–water partition coefficient (Wildman–Crippen LogP) is 1.37. The molecule has 25 heavy (non-hydrogen) atoms. The van der Waals surface area contributed by atoms with Crippen LogP contribution in [0.25, 0.3) is 0 Å². The van der Waals surface area contributed by atoms with Crippen LogP contribution in [0, 0.1) is 5.82 Å². The molecule has 0 aliphatic heterocycles.